The van der Waals surface area contributed by atoms with Crippen LogP contribution in [0.15, 0.2) is 30.3 Å². The molecule has 26 nitrogen and oxygen atoms in total. The Labute approximate surface area is 367 Å². The number of phenolic OH excluding ortho intramolecular Hbond substituents is 13. The summed E-state index contributed by atoms with van der Waals surface area (Å²) in [6.07, 6.45) is -11.6. The number of carbonyl (C=O) groups excluding carboxylic acids is 5. The number of carbonyl (C=O) groups is 5. The number of esters is 5. The molecular formula is C41H26O26. The van der Waals surface area contributed by atoms with Crippen molar-refractivity contribution in [3.8, 4) is 114 Å². The maximum atomic E-state index is 14.6. The summed E-state index contributed by atoms with van der Waals surface area (Å²) >= 11 is 0. The fraction of sp³-hybridized carbons (Fsp3) is 0.146. The number of fused-ring (bicyclic) bond motifs is 10. The number of ether oxygens (including phenoxy) is 7. The maximum absolute atomic E-state index is 14.6. The Hall–Kier alpha value is -9.43. The van der Waals surface area contributed by atoms with Gasteiger partial charge in [0.15, 0.2) is 82.1 Å². The lowest BCUT2D eigenvalue weighted by Crippen LogP contribution is -2.62. The molecule has 346 valence electrons. The number of benzene rings is 5. The average molecular weight is 935 g/mol. The van der Waals surface area contributed by atoms with Gasteiger partial charge in [-0.25, -0.2) is 24.0 Å². The molecule has 5 unspecified atom stereocenters. The number of aromatic hydroxyl groups is 13. The van der Waals surface area contributed by atoms with Crippen LogP contribution >= 0.6 is 0 Å². The summed E-state index contributed by atoms with van der Waals surface area (Å²) in [6, 6.07) is 2.11. The van der Waals surface area contributed by atoms with E-state index in [0.29, 0.717) is 30.3 Å². The third-order valence-corrected chi connectivity index (χ3v) is 10.9. The molecule has 0 aliphatic carbocycles. The minimum absolute atomic E-state index is 0.365. The van der Waals surface area contributed by atoms with Crippen molar-refractivity contribution < 1.29 is 129 Å². The molecule has 1 saturated heterocycles. The Kier molecular flexibility index (Phi) is 9.48. The highest BCUT2D eigenvalue weighted by molar-refractivity contribution is 6.10. The molecule has 4 aliphatic heterocycles. The van der Waals surface area contributed by atoms with E-state index in [-0.39, 0.29) is 0 Å². The Balaban J connectivity index is 1.41. The quantitative estimate of drug-likeness (QED) is 0.0454. The summed E-state index contributed by atoms with van der Waals surface area (Å²) in [6.45, 7) is -1.18. The zero-order chi connectivity index (χ0) is 48.4. The normalized spacial score (nSPS) is 20.8. The average Bonchev–Trinajstić information content (AvgIpc) is 3.29. The van der Waals surface area contributed by atoms with Crippen LogP contribution in [0.1, 0.15) is 51.8 Å². The summed E-state index contributed by atoms with van der Waals surface area (Å²) in [7, 11) is 0. The van der Waals surface area contributed by atoms with Gasteiger partial charge in [-0.3, -0.25) is 0 Å². The number of hydrogen-bond donors (Lipinski definition) is 14. The van der Waals surface area contributed by atoms with Crippen molar-refractivity contribution in [1.82, 2.24) is 0 Å². The largest absolute Gasteiger partial charge is 0.504 e. The van der Waals surface area contributed by atoms with E-state index < -0.39 is 209 Å². The van der Waals surface area contributed by atoms with Crippen LogP contribution in [0.25, 0.3) is 22.3 Å². The lowest BCUT2D eigenvalue weighted by atomic mass is 9.91. The van der Waals surface area contributed by atoms with E-state index in [2.05, 4.69) is 0 Å². The monoisotopic (exact) mass is 934 g/mol. The molecule has 5 aromatic rings. The second kappa shape index (κ2) is 14.8. The van der Waals surface area contributed by atoms with E-state index in [0.717, 1.165) is 0 Å². The molecule has 5 atom stereocenters. The Morgan fingerprint density at radius 2 is 0.776 bits per heavy atom. The molecule has 0 saturated carbocycles. The summed E-state index contributed by atoms with van der Waals surface area (Å²) in [4.78, 5) is 71.2. The summed E-state index contributed by atoms with van der Waals surface area (Å²) < 4.78 is 38.5. The number of aliphatic hydroxyl groups excluding tert-OH is 1. The highest BCUT2D eigenvalue weighted by Crippen LogP contribution is 2.57. The minimum Gasteiger partial charge on any atom is -0.504 e. The molecule has 5 aromatic carbocycles. The lowest BCUT2D eigenvalue weighted by molar-refractivity contribution is -0.284. The maximum Gasteiger partial charge on any atom is 0.347 e. The molecule has 26 heteroatoms. The number of aliphatic hydroxyl groups is 1. The summed E-state index contributed by atoms with van der Waals surface area (Å²) in [5.74, 6) is -31.1. The van der Waals surface area contributed by atoms with Crippen LogP contribution in [0, 0.1) is 0 Å². The van der Waals surface area contributed by atoms with Crippen LogP contribution in [0.4, 0.5) is 0 Å². The first-order chi connectivity index (χ1) is 31.6. The molecule has 0 spiro atoms. The van der Waals surface area contributed by atoms with Gasteiger partial charge >= 0.3 is 29.8 Å². The van der Waals surface area contributed by atoms with E-state index in [1.54, 1.807) is 0 Å². The van der Waals surface area contributed by atoms with Gasteiger partial charge < -0.3 is 105 Å². The fourth-order valence-electron chi connectivity index (χ4n) is 7.74. The van der Waals surface area contributed by atoms with Crippen molar-refractivity contribution in [2.45, 2.75) is 30.7 Å². The van der Waals surface area contributed by atoms with Gasteiger partial charge in [0.05, 0.1) is 22.3 Å². The molecule has 0 amide bonds. The number of phenols is 13. The Bertz CT molecular complexity index is 3120. The highest BCUT2D eigenvalue weighted by Gasteiger charge is 2.54. The lowest BCUT2D eigenvalue weighted by Gasteiger charge is -2.43. The molecule has 0 aromatic heterocycles. The van der Waals surface area contributed by atoms with Gasteiger partial charge in [0.2, 0.25) is 34.5 Å². The third-order valence-electron chi connectivity index (χ3n) is 10.9. The van der Waals surface area contributed by atoms with Crippen LogP contribution in [0.3, 0.4) is 0 Å². The zero-order valence-electron chi connectivity index (χ0n) is 32.6. The van der Waals surface area contributed by atoms with Crippen molar-refractivity contribution in [3.05, 3.63) is 58.1 Å². The zero-order valence-corrected chi connectivity index (χ0v) is 32.6. The minimum atomic E-state index is -2.49. The van der Waals surface area contributed by atoms with E-state index in [1.807, 2.05) is 0 Å². The van der Waals surface area contributed by atoms with Gasteiger partial charge in [0.25, 0.3) is 0 Å². The molecular weight excluding hydrogens is 908 g/mol. The summed E-state index contributed by atoms with van der Waals surface area (Å²) in [5, 5.41) is 154. The van der Waals surface area contributed by atoms with Crippen LogP contribution in [-0.2, 0) is 23.7 Å². The Morgan fingerprint density at radius 3 is 1.28 bits per heavy atom. The first-order valence-electron chi connectivity index (χ1n) is 18.7. The van der Waals surface area contributed by atoms with Crippen LogP contribution < -0.4 is 9.47 Å². The topological polar surface area (TPSA) is 433 Å². The molecule has 7 bridgehead atoms. The second-order valence-corrected chi connectivity index (χ2v) is 14.8. The van der Waals surface area contributed by atoms with Gasteiger partial charge in [-0.15, -0.1) is 0 Å². The molecule has 0 radical (unpaired) electrons. The predicted octanol–water partition coefficient (Wildman–Crippen LogP) is 1.70. The molecule has 14 N–H and O–H groups in total. The molecule has 1 fully saturated rings. The first kappa shape index (κ1) is 42.9. The van der Waals surface area contributed by atoms with Gasteiger partial charge in [-0.05, 0) is 12.1 Å². The molecule has 4 aliphatic rings. The van der Waals surface area contributed by atoms with E-state index in [1.165, 1.54) is 0 Å². The van der Waals surface area contributed by atoms with E-state index in [4.69, 9.17) is 33.2 Å². The second-order valence-electron chi connectivity index (χ2n) is 14.8. The summed E-state index contributed by atoms with van der Waals surface area (Å²) in [5.41, 5.74) is -9.96. The van der Waals surface area contributed by atoms with Crippen molar-refractivity contribution in [2.24, 2.45) is 0 Å². The van der Waals surface area contributed by atoms with Crippen LogP contribution in [-0.4, -0.2) is 139 Å². The van der Waals surface area contributed by atoms with Crippen molar-refractivity contribution >= 4 is 29.8 Å². The Morgan fingerprint density at radius 1 is 0.388 bits per heavy atom. The first-order valence-corrected chi connectivity index (χ1v) is 18.7. The molecule has 67 heavy (non-hydrogen) atoms. The molecule has 4 heterocycles. The smallest absolute Gasteiger partial charge is 0.347 e. The van der Waals surface area contributed by atoms with Gasteiger partial charge in [0, 0.05) is 40.5 Å². The number of hydrogen-bond acceptors (Lipinski definition) is 26. The van der Waals surface area contributed by atoms with E-state index in [9.17, 15) is 95.5 Å². The number of rotatable bonds is 0. The predicted molar refractivity (Wildman–Crippen MR) is 206 cm³/mol. The SMILES string of the molecule is O=C1Oc2cc3c(c(O)c2O)-c2c(cc(O)c(O)c2O)C(=O)OC2C(O)OC4COC(=O)c5cc(c(O)c(O)c5-c5c(cc(O)c(O)c5O)C(=O)OC4C2OC3=O)Oc2c1cc(O)c(O)c2O. The van der Waals surface area contributed by atoms with Gasteiger partial charge in [-0.1, -0.05) is 0 Å². The van der Waals surface area contributed by atoms with Gasteiger partial charge in [-0.2, -0.15) is 0 Å². The van der Waals surface area contributed by atoms with Crippen molar-refractivity contribution in [3.63, 3.8) is 0 Å². The van der Waals surface area contributed by atoms with Crippen molar-refractivity contribution in [2.75, 3.05) is 6.61 Å². The third kappa shape index (κ3) is 6.30. The highest BCUT2D eigenvalue weighted by atomic mass is 16.7. The van der Waals surface area contributed by atoms with E-state index >= 15 is 0 Å². The molecule has 9 rings (SSSR count). The standard InChI is InChI=1S/C41H26O26/c42-12-1-7-18(27(50)22(12)45)20-9-4-15(25(48)29(20)52)62-32-11(3-14(44)24(47)31(32)54)40(59)63-16-5-10-21(30(53)26(16)49)19-8(2-13(43)23(46)28(19)51)38(57)67-35-34(66-39(10)58)33(65-37(7)56)17(64-41(35)60)6-61-36(9)55/h1-5,17,33-35,41-54,60H,6H2. The fourth-order valence-corrected chi connectivity index (χ4v) is 7.74. The van der Waals surface area contributed by atoms with Crippen molar-refractivity contribution in [1.29, 1.82) is 0 Å². The van der Waals surface area contributed by atoms with Crippen LogP contribution in [0.2, 0.25) is 0 Å². The van der Waals surface area contributed by atoms with Crippen LogP contribution in [0.5, 0.6) is 92.0 Å². The van der Waals surface area contributed by atoms with Gasteiger partial charge in [0.1, 0.15) is 18.3 Å².